The van der Waals surface area contributed by atoms with Gasteiger partial charge in [0.05, 0.1) is 0 Å². The molecule has 2 heterocycles. The molecule has 0 aliphatic heterocycles. The van der Waals surface area contributed by atoms with Gasteiger partial charge >= 0.3 is 0 Å². The number of pyridine rings is 1. The van der Waals surface area contributed by atoms with Crippen molar-refractivity contribution in [2.75, 3.05) is 0 Å². The van der Waals surface area contributed by atoms with E-state index in [4.69, 9.17) is 0 Å². The molecular formula is C12H11BrN4O2. The van der Waals surface area contributed by atoms with Crippen LogP contribution in [0.3, 0.4) is 0 Å². The third kappa shape index (κ3) is 3.19. The third-order valence-electron chi connectivity index (χ3n) is 2.44. The summed E-state index contributed by atoms with van der Waals surface area (Å²) in [6.45, 7) is 0. The lowest BCUT2D eigenvalue weighted by atomic mass is 10.3. The van der Waals surface area contributed by atoms with E-state index in [0.29, 0.717) is 11.3 Å². The van der Waals surface area contributed by atoms with Gasteiger partial charge in [-0.2, -0.15) is 0 Å². The maximum Gasteiger partial charge on any atom is 0.286 e. The minimum atomic E-state index is -0.399. The summed E-state index contributed by atoms with van der Waals surface area (Å²) >= 11 is 3.27. The number of aromatic nitrogens is 2. The second kappa shape index (κ2) is 5.66. The molecule has 0 atom stereocenters. The number of halogens is 1. The predicted molar refractivity (Wildman–Crippen MR) is 72.3 cm³/mol. The van der Waals surface area contributed by atoms with Crippen LogP contribution in [-0.4, -0.2) is 21.4 Å². The van der Waals surface area contributed by atoms with Crippen LogP contribution in [0.5, 0.6) is 0 Å². The van der Waals surface area contributed by atoms with Gasteiger partial charge in [-0.3, -0.25) is 25.4 Å². The molecule has 0 spiro atoms. The number of carbonyl (C=O) groups is 2. The van der Waals surface area contributed by atoms with Crippen LogP contribution in [0.1, 0.15) is 20.8 Å². The zero-order chi connectivity index (χ0) is 13.8. The summed E-state index contributed by atoms with van der Waals surface area (Å²) in [6, 6.07) is 4.77. The summed E-state index contributed by atoms with van der Waals surface area (Å²) in [7, 11) is 1.74. The van der Waals surface area contributed by atoms with Gasteiger partial charge in [-0.25, -0.2) is 0 Å². The first-order valence-corrected chi connectivity index (χ1v) is 6.20. The van der Waals surface area contributed by atoms with Gasteiger partial charge in [-0.05, 0) is 34.1 Å². The largest absolute Gasteiger partial charge is 0.345 e. The van der Waals surface area contributed by atoms with Crippen molar-refractivity contribution in [2.24, 2.45) is 7.05 Å². The molecule has 98 valence electrons. The van der Waals surface area contributed by atoms with Crippen LogP contribution in [0, 0.1) is 0 Å². The molecule has 6 nitrogen and oxygen atoms in total. The average molecular weight is 323 g/mol. The van der Waals surface area contributed by atoms with Crippen LogP contribution >= 0.6 is 15.9 Å². The third-order valence-corrected chi connectivity index (χ3v) is 2.87. The summed E-state index contributed by atoms with van der Waals surface area (Å²) in [4.78, 5) is 27.3. The van der Waals surface area contributed by atoms with Crippen LogP contribution in [0.2, 0.25) is 0 Å². The second-order valence-electron chi connectivity index (χ2n) is 3.80. The Kier molecular flexibility index (Phi) is 3.96. The van der Waals surface area contributed by atoms with E-state index in [1.165, 1.54) is 12.4 Å². The predicted octanol–water partition coefficient (Wildman–Crippen LogP) is 1.26. The van der Waals surface area contributed by atoms with Crippen molar-refractivity contribution in [1.29, 1.82) is 0 Å². The van der Waals surface area contributed by atoms with Gasteiger partial charge in [0, 0.05) is 35.7 Å². The Morgan fingerprint density at radius 3 is 2.42 bits per heavy atom. The van der Waals surface area contributed by atoms with E-state index in [1.54, 1.807) is 36.0 Å². The van der Waals surface area contributed by atoms with Crippen molar-refractivity contribution in [3.05, 3.63) is 52.5 Å². The van der Waals surface area contributed by atoms with Gasteiger partial charge in [0.1, 0.15) is 5.69 Å². The van der Waals surface area contributed by atoms with Gasteiger partial charge in [-0.1, -0.05) is 0 Å². The van der Waals surface area contributed by atoms with Crippen molar-refractivity contribution in [3.63, 3.8) is 0 Å². The summed E-state index contributed by atoms with van der Waals surface area (Å²) in [6.07, 6.45) is 4.76. The van der Waals surface area contributed by atoms with E-state index < -0.39 is 11.8 Å². The highest BCUT2D eigenvalue weighted by Crippen LogP contribution is 2.13. The molecule has 2 aromatic rings. The van der Waals surface area contributed by atoms with Crippen LogP contribution in [-0.2, 0) is 7.05 Å². The lowest BCUT2D eigenvalue weighted by molar-refractivity contribution is 0.0842. The van der Waals surface area contributed by atoms with E-state index in [0.717, 1.165) is 4.47 Å². The summed E-state index contributed by atoms with van der Waals surface area (Å²) in [5.41, 5.74) is 5.54. The van der Waals surface area contributed by atoms with Crippen LogP contribution < -0.4 is 10.9 Å². The number of amides is 2. The normalized spacial score (nSPS) is 10.0. The molecule has 0 aliphatic carbocycles. The summed E-state index contributed by atoms with van der Waals surface area (Å²) < 4.78 is 2.44. The van der Waals surface area contributed by atoms with E-state index in [2.05, 4.69) is 31.8 Å². The monoisotopic (exact) mass is 322 g/mol. The molecule has 2 amide bonds. The first-order valence-electron chi connectivity index (χ1n) is 5.40. The number of carbonyl (C=O) groups excluding carboxylic acids is 2. The van der Waals surface area contributed by atoms with Crippen molar-refractivity contribution in [1.82, 2.24) is 20.4 Å². The first-order chi connectivity index (χ1) is 9.08. The zero-order valence-electron chi connectivity index (χ0n) is 10.1. The summed E-state index contributed by atoms with van der Waals surface area (Å²) in [5.74, 6) is -0.792. The molecule has 0 aromatic carbocycles. The quantitative estimate of drug-likeness (QED) is 0.817. The number of hydrogen-bond donors (Lipinski definition) is 2. The first kappa shape index (κ1) is 13.3. The zero-order valence-corrected chi connectivity index (χ0v) is 11.6. The standard InChI is InChI=1S/C12H11BrN4O2/c1-17-7-9(13)6-10(17)12(19)16-15-11(18)8-2-4-14-5-3-8/h2-7H,1H3,(H,15,18)(H,16,19). The van der Waals surface area contributed by atoms with Crippen LogP contribution in [0.25, 0.3) is 0 Å². The SMILES string of the molecule is Cn1cc(Br)cc1C(=O)NNC(=O)c1ccncc1. The van der Waals surface area contributed by atoms with Crippen LogP contribution in [0.15, 0.2) is 41.3 Å². The van der Waals surface area contributed by atoms with E-state index in [1.807, 2.05) is 0 Å². The van der Waals surface area contributed by atoms with Crippen molar-refractivity contribution in [3.8, 4) is 0 Å². The molecule has 0 radical (unpaired) electrons. The fraction of sp³-hybridized carbons (Fsp3) is 0.0833. The molecule has 0 fully saturated rings. The van der Waals surface area contributed by atoms with E-state index in [-0.39, 0.29) is 0 Å². The molecule has 2 aromatic heterocycles. The molecule has 0 aliphatic rings. The number of aryl methyl sites for hydroxylation is 1. The summed E-state index contributed by atoms with van der Waals surface area (Å²) in [5, 5.41) is 0. The smallest absolute Gasteiger partial charge is 0.286 e. The molecule has 0 saturated carbocycles. The van der Waals surface area contributed by atoms with Crippen LogP contribution in [0.4, 0.5) is 0 Å². The fourth-order valence-corrected chi connectivity index (χ4v) is 2.03. The number of hydrogen-bond acceptors (Lipinski definition) is 3. The van der Waals surface area contributed by atoms with Gasteiger partial charge < -0.3 is 4.57 Å². The highest BCUT2D eigenvalue weighted by Gasteiger charge is 2.12. The minimum absolute atomic E-state index is 0.393. The highest BCUT2D eigenvalue weighted by molar-refractivity contribution is 9.10. The molecule has 0 bridgehead atoms. The molecule has 7 heteroatoms. The maximum atomic E-state index is 11.8. The minimum Gasteiger partial charge on any atom is -0.345 e. The molecule has 2 rings (SSSR count). The maximum absolute atomic E-state index is 11.8. The highest BCUT2D eigenvalue weighted by atomic mass is 79.9. The molecular weight excluding hydrogens is 312 g/mol. The molecule has 2 N–H and O–H groups in total. The lowest BCUT2D eigenvalue weighted by Gasteiger charge is -2.07. The van der Waals surface area contributed by atoms with Gasteiger partial charge in [0.2, 0.25) is 0 Å². The molecule has 19 heavy (non-hydrogen) atoms. The van der Waals surface area contributed by atoms with Crippen molar-refractivity contribution >= 4 is 27.7 Å². The number of nitrogens with one attached hydrogen (secondary N) is 2. The number of hydrazine groups is 1. The number of rotatable bonds is 2. The Bertz CT molecular complexity index is 609. The molecule has 0 unspecified atom stereocenters. The van der Waals surface area contributed by atoms with Gasteiger partial charge in [0.15, 0.2) is 0 Å². The average Bonchev–Trinajstić information content (AvgIpc) is 2.75. The van der Waals surface area contributed by atoms with Crippen molar-refractivity contribution < 1.29 is 9.59 Å². The van der Waals surface area contributed by atoms with Gasteiger partial charge in [0.25, 0.3) is 11.8 Å². The second-order valence-corrected chi connectivity index (χ2v) is 4.71. The van der Waals surface area contributed by atoms with E-state index in [9.17, 15) is 9.59 Å². The molecule has 0 saturated heterocycles. The Morgan fingerprint density at radius 1 is 1.21 bits per heavy atom. The van der Waals surface area contributed by atoms with Gasteiger partial charge in [-0.15, -0.1) is 0 Å². The van der Waals surface area contributed by atoms with E-state index >= 15 is 0 Å². The van der Waals surface area contributed by atoms with Crippen molar-refractivity contribution in [2.45, 2.75) is 0 Å². The Balaban J connectivity index is 1.98. The Morgan fingerprint density at radius 2 is 1.84 bits per heavy atom. The number of nitrogens with zero attached hydrogens (tertiary/aromatic N) is 2. The Hall–Kier alpha value is -2.15. The topological polar surface area (TPSA) is 76.0 Å². The lowest BCUT2D eigenvalue weighted by Crippen LogP contribution is -2.42. The Labute approximate surface area is 117 Å². The fourth-order valence-electron chi connectivity index (χ4n) is 1.50.